The Bertz CT molecular complexity index is 493. The van der Waals surface area contributed by atoms with Gasteiger partial charge in [0, 0.05) is 0 Å². The highest BCUT2D eigenvalue weighted by atomic mass is 16.6. The number of carbonyl (C=O) groups excluding carboxylic acids is 3. The van der Waals surface area contributed by atoms with Gasteiger partial charge in [0.05, 0.1) is 13.2 Å². The van der Waals surface area contributed by atoms with Gasteiger partial charge in [-0.05, 0) is 52.5 Å². The maximum atomic E-state index is 11.3. The Morgan fingerprint density at radius 1 is 0.897 bits per heavy atom. The largest absolute Gasteiger partial charge is 0.464 e. The van der Waals surface area contributed by atoms with Gasteiger partial charge in [-0.25, -0.2) is 9.59 Å². The van der Waals surface area contributed by atoms with Crippen LogP contribution in [0.25, 0.3) is 0 Å². The van der Waals surface area contributed by atoms with Crippen LogP contribution in [-0.4, -0.2) is 53.9 Å². The monoisotopic (exact) mass is 414 g/mol. The smallest absolute Gasteiger partial charge is 0.338 e. The predicted molar refractivity (Wildman–Crippen MR) is 112 cm³/mol. The zero-order valence-corrected chi connectivity index (χ0v) is 18.5. The van der Waals surface area contributed by atoms with E-state index in [2.05, 4.69) is 29.4 Å². The van der Waals surface area contributed by atoms with Gasteiger partial charge in [-0.1, -0.05) is 43.9 Å². The van der Waals surface area contributed by atoms with Crippen molar-refractivity contribution in [1.29, 1.82) is 0 Å². The number of allylic oxidation sites excluding steroid dienone is 4. The molecule has 2 atom stereocenters. The Morgan fingerprint density at radius 3 is 1.69 bits per heavy atom. The summed E-state index contributed by atoms with van der Waals surface area (Å²) in [5.74, 6) is -2.02. The van der Waals surface area contributed by atoms with Crippen molar-refractivity contribution in [3.8, 4) is 0 Å². The summed E-state index contributed by atoms with van der Waals surface area (Å²) in [5, 5.41) is 18.8. The van der Waals surface area contributed by atoms with Crippen LogP contribution in [0.5, 0.6) is 0 Å². The first-order chi connectivity index (χ1) is 13.7. The lowest BCUT2D eigenvalue weighted by Crippen LogP contribution is -2.41. The molecule has 0 aliphatic carbocycles. The summed E-state index contributed by atoms with van der Waals surface area (Å²) in [6, 6.07) is 0. The molecule has 29 heavy (non-hydrogen) atoms. The van der Waals surface area contributed by atoms with Crippen molar-refractivity contribution in [2.75, 3.05) is 13.2 Å². The number of hydrogen-bond donors (Lipinski definition) is 2. The summed E-state index contributed by atoms with van der Waals surface area (Å²) in [7, 11) is 0. The van der Waals surface area contributed by atoms with Crippen LogP contribution in [0.2, 0.25) is 0 Å². The Hall–Kier alpha value is -1.99. The first-order valence-corrected chi connectivity index (χ1v) is 10.1. The predicted octanol–water partition coefficient (Wildman–Crippen LogP) is 3.27. The molecule has 0 aromatic carbocycles. The van der Waals surface area contributed by atoms with Gasteiger partial charge in [0.15, 0.2) is 12.2 Å². The molecule has 0 saturated carbocycles. The first kappa shape index (κ1) is 29.2. The van der Waals surface area contributed by atoms with Crippen LogP contribution in [0, 0.1) is 0 Å². The molecule has 2 N–H and O–H groups in total. The summed E-state index contributed by atoms with van der Waals surface area (Å²) in [6.07, 6.45) is 5.90. The molecule has 0 aliphatic rings. The molecule has 0 spiro atoms. The van der Waals surface area contributed by atoms with Gasteiger partial charge in [-0.2, -0.15) is 0 Å². The highest BCUT2D eigenvalue weighted by Gasteiger charge is 2.32. The van der Waals surface area contributed by atoms with Crippen molar-refractivity contribution >= 4 is 18.2 Å². The van der Waals surface area contributed by atoms with Gasteiger partial charge in [0.2, 0.25) is 0 Å². The molecule has 0 amide bonds. The van der Waals surface area contributed by atoms with Crippen LogP contribution in [0.15, 0.2) is 23.3 Å². The number of aliphatic hydroxyl groups is 2. The fourth-order valence-corrected chi connectivity index (χ4v) is 1.85. The van der Waals surface area contributed by atoms with Crippen molar-refractivity contribution in [3.63, 3.8) is 0 Å². The second kappa shape index (κ2) is 19.3. The van der Waals surface area contributed by atoms with E-state index >= 15 is 0 Å². The molecule has 0 aromatic rings. The Morgan fingerprint density at radius 2 is 1.34 bits per heavy atom. The average molecular weight is 415 g/mol. The van der Waals surface area contributed by atoms with Gasteiger partial charge in [0.1, 0.15) is 6.29 Å². The van der Waals surface area contributed by atoms with Crippen molar-refractivity contribution < 1.29 is 34.1 Å². The number of aliphatic hydroxyl groups excluding tert-OH is 2. The van der Waals surface area contributed by atoms with Gasteiger partial charge in [0.25, 0.3) is 0 Å². The van der Waals surface area contributed by atoms with Crippen molar-refractivity contribution in [1.82, 2.24) is 0 Å². The van der Waals surface area contributed by atoms with E-state index < -0.39 is 24.1 Å². The summed E-state index contributed by atoms with van der Waals surface area (Å²) in [6.45, 7) is 10.3. The standard InChI is InChI=1S/C12H22O6.C10H16O/c1-3-5-7-17-11(15)9(13)10(14)12(16)18-8-6-4-2;1-9(2)5-4-6-10(3)7-8-11/h9-10,13-14H,3-8H2,1-2H3;5,7-8H,4,6H2,1-3H3/b;10-7+. The highest BCUT2D eigenvalue weighted by Crippen LogP contribution is 2.05. The summed E-state index contributed by atoms with van der Waals surface area (Å²) in [4.78, 5) is 32.5. The van der Waals surface area contributed by atoms with Crippen LogP contribution >= 0.6 is 0 Å². The Balaban J connectivity index is 0. The molecule has 0 aromatic heterocycles. The van der Waals surface area contributed by atoms with Crippen LogP contribution in [0.1, 0.15) is 73.1 Å². The molecule has 0 heterocycles. The number of esters is 2. The second-order valence-corrected chi connectivity index (χ2v) is 6.90. The van der Waals surface area contributed by atoms with E-state index in [0.29, 0.717) is 12.8 Å². The average Bonchev–Trinajstić information content (AvgIpc) is 2.67. The Labute approximate surface area is 174 Å². The van der Waals surface area contributed by atoms with Gasteiger partial charge in [-0.15, -0.1) is 0 Å². The SMILES string of the molecule is CC(C)=CCC/C(C)=C/C=O.CCCCOC(=O)C(O)C(O)C(=O)OCCCC. The molecule has 0 rings (SSSR count). The highest BCUT2D eigenvalue weighted by molar-refractivity contribution is 5.85. The number of carbonyl (C=O) groups is 3. The van der Waals surface area contributed by atoms with E-state index in [1.165, 1.54) is 5.57 Å². The molecule has 2 unspecified atom stereocenters. The lowest BCUT2D eigenvalue weighted by molar-refractivity contribution is -0.173. The summed E-state index contributed by atoms with van der Waals surface area (Å²) < 4.78 is 9.37. The molecule has 168 valence electrons. The molecule has 0 saturated heterocycles. The van der Waals surface area contributed by atoms with E-state index in [0.717, 1.165) is 37.5 Å². The van der Waals surface area contributed by atoms with Crippen molar-refractivity contribution in [3.05, 3.63) is 23.3 Å². The minimum atomic E-state index is -1.89. The number of aldehydes is 1. The van der Waals surface area contributed by atoms with Crippen molar-refractivity contribution in [2.45, 2.75) is 85.4 Å². The molecule has 0 fully saturated rings. The molecule has 0 radical (unpaired) electrons. The zero-order valence-electron chi connectivity index (χ0n) is 18.5. The second-order valence-electron chi connectivity index (χ2n) is 6.90. The van der Waals surface area contributed by atoms with E-state index in [-0.39, 0.29) is 13.2 Å². The van der Waals surface area contributed by atoms with Gasteiger partial charge in [-0.3, -0.25) is 4.79 Å². The third-order valence-corrected chi connectivity index (χ3v) is 3.71. The topological polar surface area (TPSA) is 110 Å². The number of unbranched alkanes of at least 4 members (excludes halogenated alkanes) is 2. The number of ether oxygens (including phenoxy) is 2. The van der Waals surface area contributed by atoms with Gasteiger partial charge < -0.3 is 19.7 Å². The van der Waals surface area contributed by atoms with Crippen LogP contribution < -0.4 is 0 Å². The maximum absolute atomic E-state index is 11.3. The van der Waals surface area contributed by atoms with E-state index in [1.54, 1.807) is 6.08 Å². The van der Waals surface area contributed by atoms with Crippen LogP contribution in [0.4, 0.5) is 0 Å². The molecular weight excluding hydrogens is 376 g/mol. The van der Waals surface area contributed by atoms with Gasteiger partial charge >= 0.3 is 11.9 Å². The third kappa shape index (κ3) is 17.8. The molecule has 7 nitrogen and oxygen atoms in total. The summed E-state index contributed by atoms with van der Waals surface area (Å²) >= 11 is 0. The maximum Gasteiger partial charge on any atom is 0.338 e. The quantitative estimate of drug-likeness (QED) is 0.156. The molecule has 0 bridgehead atoms. The van der Waals surface area contributed by atoms with E-state index in [1.807, 2.05) is 20.8 Å². The minimum absolute atomic E-state index is 0.157. The molecule has 7 heteroatoms. The molecular formula is C22H38O7. The number of hydrogen-bond acceptors (Lipinski definition) is 7. The molecule has 0 aliphatic heterocycles. The van der Waals surface area contributed by atoms with Crippen molar-refractivity contribution in [2.24, 2.45) is 0 Å². The minimum Gasteiger partial charge on any atom is -0.464 e. The van der Waals surface area contributed by atoms with E-state index in [4.69, 9.17) is 0 Å². The fourth-order valence-electron chi connectivity index (χ4n) is 1.85. The van der Waals surface area contributed by atoms with Crippen LogP contribution in [0.3, 0.4) is 0 Å². The lowest BCUT2D eigenvalue weighted by atomic mass is 10.1. The normalized spacial score (nSPS) is 12.7. The zero-order chi connectivity index (χ0) is 22.7. The first-order valence-electron chi connectivity index (χ1n) is 10.1. The summed E-state index contributed by atoms with van der Waals surface area (Å²) in [5.41, 5.74) is 2.49. The van der Waals surface area contributed by atoms with Crippen LogP contribution in [-0.2, 0) is 23.9 Å². The number of rotatable bonds is 13. The lowest BCUT2D eigenvalue weighted by Gasteiger charge is -2.15. The van der Waals surface area contributed by atoms with E-state index in [9.17, 15) is 24.6 Å². The Kier molecular flexibility index (Phi) is 19.5. The fraction of sp³-hybridized carbons (Fsp3) is 0.682. The third-order valence-electron chi connectivity index (χ3n) is 3.71.